The fourth-order valence-corrected chi connectivity index (χ4v) is 4.09. The zero-order valence-electron chi connectivity index (χ0n) is 16.5. The Labute approximate surface area is 160 Å². The van der Waals surface area contributed by atoms with Crippen LogP contribution in [-0.4, -0.2) is 40.8 Å². The highest BCUT2D eigenvalue weighted by atomic mass is 19.1. The number of likely N-dealkylation sites (tertiary alicyclic amines) is 1. The molecule has 1 aliphatic heterocycles. The van der Waals surface area contributed by atoms with Gasteiger partial charge in [-0.2, -0.15) is 0 Å². The standard InChI is InChI=1S/C21H29FN2O3/c1-14(15-9-6-5-7-10-15)24-13-16(17(22)18(24)25)21(11-8-12-21)23-19(26)27-20(2,3)4/h5-7,9-10,14,16-17H,8,11-13H2,1-4H3,(H,23,26)/t14-,16-,17-/m0/s1. The number of carbonyl (C=O) groups excluding carboxylic acids is 2. The zero-order chi connectivity index (χ0) is 19.8. The van der Waals surface area contributed by atoms with Gasteiger partial charge in [-0.3, -0.25) is 4.79 Å². The summed E-state index contributed by atoms with van der Waals surface area (Å²) in [5, 5.41) is 2.90. The van der Waals surface area contributed by atoms with E-state index in [2.05, 4.69) is 5.32 Å². The maximum atomic E-state index is 15.0. The maximum absolute atomic E-state index is 15.0. The lowest BCUT2D eigenvalue weighted by atomic mass is 9.67. The second-order valence-electron chi connectivity index (χ2n) is 8.72. The minimum absolute atomic E-state index is 0.208. The van der Waals surface area contributed by atoms with E-state index in [9.17, 15) is 9.59 Å². The van der Waals surface area contributed by atoms with Crippen molar-refractivity contribution in [2.24, 2.45) is 5.92 Å². The van der Waals surface area contributed by atoms with Crippen molar-refractivity contribution >= 4 is 12.0 Å². The highest BCUT2D eigenvalue weighted by Crippen LogP contribution is 2.45. The van der Waals surface area contributed by atoms with Crippen molar-refractivity contribution in [3.63, 3.8) is 0 Å². The predicted molar refractivity (Wildman–Crippen MR) is 101 cm³/mol. The minimum Gasteiger partial charge on any atom is -0.444 e. The molecular weight excluding hydrogens is 347 g/mol. The molecule has 6 heteroatoms. The lowest BCUT2D eigenvalue weighted by Crippen LogP contribution is -2.61. The summed E-state index contributed by atoms with van der Waals surface area (Å²) in [6.45, 7) is 7.59. The molecule has 5 nitrogen and oxygen atoms in total. The molecule has 148 valence electrons. The summed E-state index contributed by atoms with van der Waals surface area (Å²) in [5.41, 5.74) is -0.354. The molecule has 0 aromatic heterocycles. The van der Waals surface area contributed by atoms with Crippen molar-refractivity contribution in [3.05, 3.63) is 35.9 Å². The predicted octanol–water partition coefficient (Wildman–Crippen LogP) is 3.99. The first-order chi connectivity index (χ1) is 12.6. The SMILES string of the molecule is C[C@@H](c1ccccc1)N1C[C@H](C2(NC(=O)OC(C)(C)C)CCC2)[C@H](F)C1=O. The van der Waals surface area contributed by atoms with Gasteiger partial charge in [-0.25, -0.2) is 9.18 Å². The van der Waals surface area contributed by atoms with E-state index in [1.54, 1.807) is 25.7 Å². The van der Waals surface area contributed by atoms with Crippen molar-refractivity contribution in [2.45, 2.75) is 70.3 Å². The fraction of sp³-hybridized carbons (Fsp3) is 0.619. The average molecular weight is 376 g/mol. The molecule has 3 atom stereocenters. The molecule has 0 unspecified atom stereocenters. The lowest BCUT2D eigenvalue weighted by molar-refractivity contribution is -0.134. The molecule has 27 heavy (non-hydrogen) atoms. The van der Waals surface area contributed by atoms with E-state index >= 15 is 4.39 Å². The lowest BCUT2D eigenvalue weighted by Gasteiger charge is -2.47. The molecule has 0 radical (unpaired) electrons. The number of ether oxygens (including phenoxy) is 1. The molecule has 3 rings (SSSR count). The number of benzene rings is 1. The first-order valence-corrected chi connectivity index (χ1v) is 9.64. The highest BCUT2D eigenvalue weighted by molar-refractivity contribution is 5.84. The summed E-state index contributed by atoms with van der Waals surface area (Å²) in [6.07, 6.45) is 0.0837. The number of halogens is 1. The van der Waals surface area contributed by atoms with E-state index in [-0.39, 0.29) is 6.04 Å². The Hall–Kier alpha value is -2.11. The summed E-state index contributed by atoms with van der Waals surface area (Å²) >= 11 is 0. The number of hydrogen-bond donors (Lipinski definition) is 1. The highest BCUT2D eigenvalue weighted by Gasteiger charge is 2.56. The first kappa shape index (κ1) is 19.6. The summed E-state index contributed by atoms with van der Waals surface area (Å²) < 4.78 is 20.4. The van der Waals surface area contributed by atoms with Gasteiger partial charge in [0.25, 0.3) is 5.91 Å². The molecule has 1 aromatic rings. The number of nitrogens with zero attached hydrogens (tertiary/aromatic N) is 1. The molecule has 2 amide bonds. The summed E-state index contributed by atoms with van der Waals surface area (Å²) in [5.74, 6) is -1.05. The van der Waals surface area contributed by atoms with Crippen LogP contribution in [0, 0.1) is 5.92 Å². The van der Waals surface area contributed by atoms with Gasteiger partial charge in [-0.1, -0.05) is 30.3 Å². The third kappa shape index (κ3) is 3.94. The zero-order valence-corrected chi connectivity index (χ0v) is 16.5. The van der Waals surface area contributed by atoms with E-state index in [4.69, 9.17) is 4.74 Å². The molecule has 1 aliphatic carbocycles. The van der Waals surface area contributed by atoms with Gasteiger partial charge in [0, 0.05) is 12.5 Å². The number of alkyl carbamates (subject to hydrolysis) is 1. The van der Waals surface area contributed by atoms with Crippen molar-refractivity contribution in [2.75, 3.05) is 6.54 Å². The molecule has 1 aromatic carbocycles. The second kappa shape index (κ2) is 7.13. The first-order valence-electron chi connectivity index (χ1n) is 9.64. The van der Waals surface area contributed by atoms with Crippen LogP contribution in [0.3, 0.4) is 0 Å². The molecule has 1 heterocycles. The maximum Gasteiger partial charge on any atom is 0.408 e. The largest absolute Gasteiger partial charge is 0.444 e. The summed E-state index contributed by atoms with van der Waals surface area (Å²) in [6, 6.07) is 9.41. The van der Waals surface area contributed by atoms with Gasteiger partial charge in [0.1, 0.15) is 5.60 Å². The van der Waals surface area contributed by atoms with Crippen LogP contribution in [0.1, 0.15) is 58.6 Å². The Morgan fingerprint density at radius 2 is 1.93 bits per heavy atom. The van der Waals surface area contributed by atoms with Crippen molar-refractivity contribution in [1.29, 1.82) is 0 Å². The van der Waals surface area contributed by atoms with Gasteiger partial charge in [0.05, 0.1) is 11.6 Å². The smallest absolute Gasteiger partial charge is 0.408 e. The molecule has 1 saturated heterocycles. The van der Waals surface area contributed by atoms with Crippen LogP contribution in [0.4, 0.5) is 9.18 Å². The molecule has 1 saturated carbocycles. The van der Waals surface area contributed by atoms with Gasteiger partial charge in [0.15, 0.2) is 6.17 Å². The quantitative estimate of drug-likeness (QED) is 0.864. The minimum atomic E-state index is -1.61. The van der Waals surface area contributed by atoms with Crippen molar-refractivity contribution in [3.8, 4) is 0 Å². The van der Waals surface area contributed by atoms with E-state index in [1.165, 1.54) is 0 Å². The Morgan fingerprint density at radius 3 is 2.44 bits per heavy atom. The fourth-order valence-electron chi connectivity index (χ4n) is 4.09. The van der Waals surface area contributed by atoms with Crippen molar-refractivity contribution < 1.29 is 18.7 Å². The molecule has 2 fully saturated rings. The van der Waals surface area contributed by atoms with Crippen LogP contribution in [0.15, 0.2) is 30.3 Å². The van der Waals surface area contributed by atoms with Gasteiger partial charge < -0.3 is 15.0 Å². The number of carbonyl (C=O) groups is 2. The van der Waals surface area contributed by atoms with Gasteiger partial charge in [0.2, 0.25) is 0 Å². The van der Waals surface area contributed by atoms with Crippen LogP contribution in [0.25, 0.3) is 0 Å². The van der Waals surface area contributed by atoms with Crippen LogP contribution >= 0.6 is 0 Å². The Kier molecular flexibility index (Phi) is 5.19. The average Bonchev–Trinajstić information content (AvgIpc) is 2.86. The summed E-state index contributed by atoms with van der Waals surface area (Å²) in [4.78, 5) is 26.5. The third-order valence-corrected chi connectivity index (χ3v) is 5.72. The monoisotopic (exact) mass is 376 g/mol. The Bertz CT molecular complexity index is 697. The molecule has 0 bridgehead atoms. The molecular formula is C21H29FN2O3. The second-order valence-corrected chi connectivity index (χ2v) is 8.72. The number of nitrogens with one attached hydrogen (secondary N) is 1. The van der Waals surface area contributed by atoms with E-state index in [1.807, 2.05) is 37.3 Å². The van der Waals surface area contributed by atoms with Crippen LogP contribution < -0.4 is 5.32 Å². The molecule has 1 N–H and O–H groups in total. The summed E-state index contributed by atoms with van der Waals surface area (Å²) in [7, 11) is 0. The van der Waals surface area contributed by atoms with Crippen LogP contribution in [0.2, 0.25) is 0 Å². The van der Waals surface area contributed by atoms with Crippen LogP contribution in [-0.2, 0) is 9.53 Å². The molecule has 0 spiro atoms. The van der Waals surface area contributed by atoms with E-state index < -0.39 is 35.2 Å². The van der Waals surface area contributed by atoms with Gasteiger partial charge in [-0.15, -0.1) is 0 Å². The number of amides is 2. The number of alkyl halides is 1. The topological polar surface area (TPSA) is 58.6 Å². The number of hydrogen-bond acceptors (Lipinski definition) is 3. The van der Waals surface area contributed by atoms with Gasteiger partial charge >= 0.3 is 6.09 Å². The Balaban J connectivity index is 1.75. The van der Waals surface area contributed by atoms with Crippen LogP contribution in [0.5, 0.6) is 0 Å². The normalized spacial score (nSPS) is 25.7. The number of rotatable bonds is 4. The van der Waals surface area contributed by atoms with Gasteiger partial charge in [-0.05, 0) is 52.5 Å². The third-order valence-electron chi connectivity index (χ3n) is 5.72. The molecule has 2 aliphatic rings. The van der Waals surface area contributed by atoms with Crippen molar-refractivity contribution in [1.82, 2.24) is 10.2 Å². The Morgan fingerprint density at radius 1 is 1.30 bits per heavy atom. The van der Waals surface area contributed by atoms with E-state index in [0.29, 0.717) is 19.4 Å². The van der Waals surface area contributed by atoms with E-state index in [0.717, 1.165) is 12.0 Å².